The number of amides is 1. The van der Waals surface area contributed by atoms with Crippen LogP contribution >= 0.6 is 23.2 Å². The maximum absolute atomic E-state index is 14.6. The third-order valence-electron chi connectivity index (χ3n) is 29.8. The molecule has 8 fully saturated rings. The number of esters is 1. The zero-order valence-corrected chi connectivity index (χ0v) is 88.5. The van der Waals surface area contributed by atoms with Crippen LogP contribution in [0.1, 0.15) is 151 Å². The molecule has 5 aromatic rings. The van der Waals surface area contributed by atoms with Crippen molar-refractivity contribution in [2.24, 2.45) is 51.6 Å². The molecular formula is C104H152Cl2FN13O29. The summed E-state index contributed by atoms with van der Waals surface area (Å²) in [5.74, 6) is -7.07. The molecule has 0 radical (unpaired) electrons. The number of aliphatic hydroxyl groups is 12. The van der Waals surface area contributed by atoms with E-state index in [0.29, 0.717) is 40.8 Å². The molecule has 0 bridgehead atoms. The van der Waals surface area contributed by atoms with E-state index in [2.05, 4.69) is 52.6 Å². The first-order chi connectivity index (χ1) is 70.4. The van der Waals surface area contributed by atoms with Crippen molar-refractivity contribution in [3.05, 3.63) is 140 Å². The largest absolute Gasteiger partial charge is 0.477 e. The maximum atomic E-state index is 14.6. The van der Waals surface area contributed by atoms with Crippen LogP contribution in [-0.2, 0) is 66.5 Å². The minimum Gasteiger partial charge on any atom is -0.477 e. The van der Waals surface area contributed by atoms with Gasteiger partial charge in [0.1, 0.15) is 108 Å². The second-order valence-corrected chi connectivity index (χ2v) is 42.3. The summed E-state index contributed by atoms with van der Waals surface area (Å²) in [6.45, 7) is 23.3. The highest BCUT2D eigenvalue weighted by molar-refractivity contribution is 6.31. The van der Waals surface area contributed by atoms with Crippen LogP contribution in [-0.4, -0.2) is 371 Å². The van der Waals surface area contributed by atoms with Crippen LogP contribution in [0.5, 0.6) is 0 Å². The first-order valence-electron chi connectivity index (χ1n) is 50.8. The summed E-state index contributed by atoms with van der Waals surface area (Å²) >= 11 is 12.2. The van der Waals surface area contributed by atoms with Crippen LogP contribution < -0.4 is 54.6 Å². The third kappa shape index (κ3) is 27.5. The number of ether oxygens (including phenoxy) is 11. The molecule has 34 atom stereocenters. The van der Waals surface area contributed by atoms with Crippen molar-refractivity contribution >= 4 is 85.8 Å². The minimum atomic E-state index is -1.96. The van der Waals surface area contributed by atoms with Gasteiger partial charge in [0.05, 0.1) is 111 Å². The number of methoxy groups -OCH3 is 2. The van der Waals surface area contributed by atoms with Crippen LogP contribution in [0.25, 0.3) is 39.0 Å². The number of carbonyl (C=O) groups is 4. The summed E-state index contributed by atoms with van der Waals surface area (Å²) in [4.78, 5) is 78.2. The predicted molar refractivity (Wildman–Crippen MR) is 549 cm³/mol. The summed E-state index contributed by atoms with van der Waals surface area (Å²) in [5, 5.41) is 149. The molecule has 4 aromatic carbocycles. The molecule has 2 saturated carbocycles. The van der Waals surface area contributed by atoms with Crippen LogP contribution in [0.15, 0.2) is 113 Å². The number of pyridine rings is 1. The van der Waals surface area contributed by atoms with Gasteiger partial charge in [0.15, 0.2) is 25.2 Å². The SMILES string of the molecule is CC(C)N=c1cc2n(-c3ccc(Cl)cc3)c3ccccc3nc-2cc1Nc1ccc(Cl)cc1.CC[C@H]1OC(=O)[C@H](C)[C@@H](O[C@H]2C[C@@](C)(OC)[C@@H](O)[C@H](C)O2)[C@H](C)[C@@H](O[C@@H]2O[C@H](C)C[C@H](N(C)C)[C@H]2O)[C@](C)(OC)C[C@@H](C)C(=O)[C@H](C)[C@@H](O)[C@]1(C)O.NCC[C@H](O)C(=O)N[C@@H]1C[C@H](N)[C@@H](O[C@H]2O[C@H](CN)[C@@H](O)[C@H](O)[C@H]2O)[C@H](O)[C@H]1O[C@H]1O[C@H](CO)[C@@H](O)[C@H](N)[C@H]1O.O=C(O)c1cn(C2CC2)c2cc(N3CCNCC3)c(F)cc2c1=O. The predicted octanol–water partition coefficient (Wildman–Crippen LogP) is 3.09. The fourth-order valence-electron chi connectivity index (χ4n) is 20.8. The van der Waals surface area contributed by atoms with Crippen LogP contribution in [0.4, 0.5) is 21.5 Å². The van der Waals surface area contributed by atoms with E-state index < -0.39 is 229 Å². The molecule has 24 N–H and O–H groups in total. The number of carbonyl (C=O) groups excluding carboxylic acids is 3. The van der Waals surface area contributed by atoms with Crippen LogP contribution in [0.2, 0.25) is 10.0 Å². The molecule has 15 rings (SSSR count). The average molecular weight is 2140 g/mol. The number of aliphatic hydroxyl groups excluding tert-OH is 11. The number of fused-ring (bicyclic) bond motifs is 3. The molecule has 0 spiro atoms. The van der Waals surface area contributed by atoms with E-state index in [1.54, 1.807) is 54.5 Å². The molecule has 3 aliphatic carbocycles. The van der Waals surface area contributed by atoms with Crippen LogP contribution in [0.3, 0.4) is 0 Å². The van der Waals surface area contributed by atoms with E-state index in [0.717, 1.165) is 70.8 Å². The summed E-state index contributed by atoms with van der Waals surface area (Å²) in [6.07, 6.45) is -25.3. The van der Waals surface area contributed by atoms with E-state index >= 15 is 0 Å². The second kappa shape index (κ2) is 51.4. The lowest BCUT2D eigenvalue weighted by molar-refractivity contribution is -0.332. The van der Waals surface area contributed by atoms with Crippen molar-refractivity contribution in [1.29, 1.82) is 0 Å². The van der Waals surface area contributed by atoms with Gasteiger partial charge in [-0.1, -0.05) is 63.0 Å². The quantitative estimate of drug-likeness (QED) is 0.0289. The topological polar surface area (TPSA) is 632 Å². The molecule has 7 aliphatic heterocycles. The number of carboxylic acids is 1. The van der Waals surface area contributed by atoms with Crippen molar-refractivity contribution < 1.29 is 142 Å². The Labute approximate surface area is 875 Å². The summed E-state index contributed by atoms with van der Waals surface area (Å²) in [7, 11) is 6.77. The molecule has 1 aromatic heterocycles. The number of nitrogens with zero attached hydrogens (tertiary/aromatic N) is 6. The first kappa shape index (κ1) is 119. The van der Waals surface area contributed by atoms with Crippen molar-refractivity contribution in [2.45, 2.75) is 329 Å². The number of piperazine rings is 1. The van der Waals surface area contributed by atoms with Gasteiger partial charge in [0, 0.05) is 128 Å². The van der Waals surface area contributed by atoms with E-state index in [-0.39, 0.29) is 86.2 Å². The van der Waals surface area contributed by atoms with E-state index in [1.807, 2.05) is 109 Å². The number of nitrogens with two attached hydrogens (primary N) is 4. The van der Waals surface area contributed by atoms with Crippen molar-refractivity contribution in [1.82, 2.24) is 29.7 Å². The molecule has 1 amide bonds. The lowest BCUT2D eigenvalue weighted by Gasteiger charge is -2.50. The highest BCUT2D eigenvalue weighted by Crippen LogP contribution is 2.45. The standard InChI is InChI=1S/C38H69NO13.C27H22Cl2N4.C22H43N5O13.C17H18FN3O3/c1-15-26-38(10,45)31(42)21(4)28(40)19(2)17-37(9,47-14)33(52-35-29(41)25(39(11)12)16-20(3)48-35)22(5)30(23(6)34(44)50-26)51-27-18-36(8,46-13)32(43)24(7)49-27;1-17(2)30-24-16-27-25(15-23(24)31-20-11-7-18(28)8-12-20)32-22-5-3-4-6-26(22)33(27)21-13-9-19(29)10-14-21;23-2-1-8(29)20(36)27-7-3-6(25)18(39-22-16(34)15(33)13(31)9(4-24)37-22)17(35)19(7)40-21-14(32)11(26)12(30)10(5-28)38-21;18-13-7-11-14(8-15(13)20-5-3-19-4-6-20)21(10-1-2-10)9-12(16(11)22)17(23)24/h19-27,29-33,35,41-43,45H,15-18H2,1-14H3;3-17,31H,1-2H3;6-19,21-22,28-35H,1-5,23-26H2,(H,27,36);7-10,19H,1-6H2,(H,23,24)/t19-,20-,21+,22+,23-,24+,25+,26-,27+,29-,30+,31-,32+,33-,35+,36-,37-,38-;;6-,7+,8-,9+,10+,11-,12+,13+,14+,15-,16+,17-,18+,19-,21+,22+;/m1.0./s1. The van der Waals surface area contributed by atoms with Gasteiger partial charge >= 0.3 is 11.9 Å². The molecule has 45 heteroatoms. The molecule has 10 aliphatic rings. The Morgan fingerprint density at radius 3 is 1.94 bits per heavy atom. The third-order valence-corrected chi connectivity index (χ3v) is 30.3. The van der Waals surface area contributed by atoms with E-state index in [9.17, 15) is 94.7 Å². The Morgan fingerprint density at radius 1 is 0.711 bits per heavy atom. The van der Waals surface area contributed by atoms with Gasteiger partial charge in [-0.05, 0) is 206 Å². The highest BCUT2D eigenvalue weighted by atomic mass is 35.5. The van der Waals surface area contributed by atoms with Crippen molar-refractivity contribution in [3.8, 4) is 17.1 Å². The number of halogens is 3. The number of carboxylic acid groups (broad SMARTS) is 1. The fourth-order valence-corrected chi connectivity index (χ4v) is 21.1. The number of aromatic nitrogens is 3. The molecule has 149 heavy (non-hydrogen) atoms. The first-order valence-corrected chi connectivity index (χ1v) is 51.6. The fraction of sp³-hybridized carbons (Fsp3) is 0.644. The number of anilines is 3. The van der Waals surface area contributed by atoms with Gasteiger partial charge in [-0.3, -0.25) is 24.2 Å². The molecule has 42 nitrogen and oxygen atoms in total. The van der Waals surface area contributed by atoms with E-state index in [4.69, 9.17) is 108 Å². The summed E-state index contributed by atoms with van der Waals surface area (Å²) in [6, 6.07) is 27.2. The number of rotatable bonds is 25. The zero-order valence-electron chi connectivity index (χ0n) is 86.9. The number of ketones is 1. The minimum absolute atomic E-state index is 0.0101. The number of aromatic carboxylic acids is 1. The maximum Gasteiger partial charge on any atom is 0.341 e. The van der Waals surface area contributed by atoms with Crippen molar-refractivity contribution in [3.63, 3.8) is 0 Å². The Hall–Kier alpha value is -8.22. The van der Waals surface area contributed by atoms with Gasteiger partial charge in [-0.2, -0.15) is 0 Å². The van der Waals surface area contributed by atoms with Crippen molar-refractivity contribution in [2.75, 3.05) is 84.4 Å². The van der Waals surface area contributed by atoms with E-state index in [1.165, 1.54) is 33.4 Å². The lowest BCUT2D eigenvalue weighted by Crippen LogP contribution is -2.69. The number of cyclic esters (lactones) is 1. The van der Waals surface area contributed by atoms with Gasteiger partial charge in [0.2, 0.25) is 11.3 Å². The highest BCUT2D eigenvalue weighted by Gasteiger charge is 2.57. The number of para-hydroxylation sites is 2. The number of hydrogen-bond acceptors (Lipinski definition) is 38. The number of likely N-dealkylation sites (N-methyl/N-ethyl adjacent to an activating group) is 1. The smallest absolute Gasteiger partial charge is 0.341 e. The monoisotopic (exact) mass is 2140 g/mol. The van der Waals surface area contributed by atoms with Gasteiger partial charge in [-0.15, -0.1) is 0 Å². The summed E-state index contributed by atoms with van der Waals surface area (Å²) in [5.41, 5.74) is 25.6. The Morgan fingerprint density at radius 2 is 1.34 bits per heavy atom. The molecule has 6 saturated heterocycles. The van der Waals surface area contributed by atoms with Crippen LogP contribution in [0, 0.1) is 29.5 Å². The Bertz CT molecular complexity index is 5720. The molecular weight excluding hydrogens is 1990 g/mol. The number of Topliss-reactive ketones (excluding diaryl/α,β-unsaturated/α-hetero) is 1. The number of hydrogen-bond donors (Lipinski definition) is 20. The lowest BCUT2D eigenvalue weighted by atomic mass is 9.74. The van der Waals surface area contributed by atoms with Gasteiger partial charge < -0.3 is 176 Å². The average Bonchev–Trinajstić information content (AvgIpc) is 1.63. The Balaban J connectivity index is 0.000000182. The zero-order chi connectivity index (χ0) is 109. The molecule has 8 heterocycles. The second-order valence-electron chi connectivity index (χ2n) is 41.5. The summed E-state index contributed by atoms with van der Waals surface area (Å²) < 4.78 is 85.0. The molecule has 828 valence electrons. The number of nitrogens with one attached hydrogen (secondary N) is 3. The van der Waals surface area contributed by atoms with Gasteiger partial charge in [0.25, 0.3) is 0 Å². The molecule has 0 unspecified atom stereocenters. The van der Waals surface area contributed by atoms with Gasteiger partial charge in [-0.25, -0.2) is 14.2 Å². The Kier molecular flexibility index (Phi) is 41.2. The normalized spacial score (nSPS) is 35.3. The number of benzene rings is 5.